The lowest BCUT2D eigenvalue weighted by atomic mass is 9.67. The van der Waals surface area contributed by atoms with Gasteiger partial charge in [0.1, 0.15) is 0 Å². The van der Waals surface area contributed by atoms with Gasteiger partial charge in [0, 0.05) is 30.9 Å². The quantitative estimate of drug-likeness (QED) is 0.888. The SMILES string of the molecule is CC(Cc1cccs1)N(C)C(=O)C1(CN)CCC1. The Balaban J connectivity index is 1.97. The molecular formula is C14H22N2OS. The summed E-state index contributed by atoms with van der Waals surface area (Å²) in [6.07, 6.45) is 3.98. The Labute approximate surface area is 113 Å². The summed E-state index contributed by atoms with van der Waals surface area (Å²) in [5.74, 6) is 0.236. The van der Waals surface area contributed by atoms with Crippen LogP contribution in [-0.2, 0) is 11.2 Å². The molecule has 1 heterocycles. The molecule has 0 radical (unpaired) electrons. The molecule has 3 nitrogen and oxygen atoms in total. The lowest BCUT2D eigenvalue weighted by Gasteiger charge is -2.43. The maximum Gasteiger partial charge on any atom is 0.230 e. The van der Waals surface area contributed by atoms with Crippen LogP contribution in [0.15, 0.2) is 17.5 Å². The van der Waals surface area contributed by atoms with E-state index in [1.165, 1.54) is 4.88 Å². The van der Waals surface area contributed by atoms with E-state index in [0.29, 0.717) is 6.54 Å². The Bertz CT molecular complexity index is 392. The molecule has 1 aliphatic rings. The first kappa shape index (κ1) is 13.6. The summed E-state index contributed by atoms with van der Waals surface area (Å²) in [4.78, 5) is 15.7. The van der Waals surface area contributed by atoms with Gasteiger partial charge in [-0.25, -0.2) is 0 Å². The maximum atomic E-state index is 12.5. The average Bonchev–Trinajstić information content (AvgIpc) is 2.79. The highest BCUT2D eigenvalue weighted by molar-refractivity contribution is 7.09. The number of nitrogens with two attached hydrogens (primary N) is 1. The molecule has 1 fully saturated rings. The monoisotopic (exact) mass is 266 g/mol. The van der Waals surface area contributed by atoms with Crippen LogP contribution in [0.2, 0.25) is 0 Å². The van der Waals surface area contributed by atoms with Gasteiger partial charge < -0.3 is 10.6 Å². The molecule has 1 saturated carbocycles. The van der Waals surface area contributed by atoms with Gasteiger partial charge in [0.25, 0.3) is 0 Å². The number of rotatable bonds is 5. The highest BCUT2D eigenvalue weighted by Crippen LogP contribution is 2.41. The molecule has 0 saturated heterocycles. The first-order valence-electron chi connectivity index (χ1n) is 6.59. The van der Waals surface area contributed by atoms with E-state index in [2.05, 4.69) is 24.4 Å². The van der Waals surface area contributed by atoms with E-state index in [1.807, 2.05) is 11.9 Å². The minimum absolute atomic E-state index is 0.236. The summed E-state index contributed by atoms with van der Waals surface area (Å²) in [6, 6.07) is 4.42. The number of carbonyl (C=O) groups is 1. The van der Waals surface area contributed by atoms with Crippen LogP contribution in [0, 0.1) is 5.41 Å². The molecule has 0 spiro atoms. The van der Waals surface area contributed by atoms with Gasteiger partial charge in [-0.3, -0.25) is 4.79 Å². The predicted octanol–water partition coefficient (Wildman–Crippen LogP) is 2.27. The third-order valence-corrected chi connectivity index (χ3v) is 5.11. The van der Waals surface area contributed by atoms with Crippen molar-refractivity contribution in [1.82, 2.24) is 4.90 Å². The van der Waals surface area contributed by atoms with Gasteiger partial charge in [-0.2, -0.15) is 0 Å². The molecule has 1 amide bonds. The molecule has 0 aromatic carbocycles. The second kappa shape index (κ2) is 5.41. The maximum absolute atomic E-state index is 12.5. The lowest BCUT2D eigenvalue weighted by Crippen LogP contribution is -2.53. The Hall–Kier alpha value is -0.870. The number of hydrogen-bond donors (Lipinski definition) is 1. The average molecular weight is 266 g/mol. The molecule has 4 heteroatoms. The van der Waals surface area contributed by atoms with Gasteiger partial charge in [-0.1, -0.05) is 12.5 Å². The smallest absolute Gasteiger partial charge is 0.230 e. The summed E-state index contributed by atoms with van der Waals surface area (Å²) in [5, 5.41) is 2.08. The number of likely N-dealkylation sites (N-methyl/N-ethyl adjacent to an activating group) is 1. The Morgan fingerprint density at radius 1 is 1.61 bits per heavy atom. The molecule has 18 heavy (non-hydrogen) atoms. The van der Waals surface area contributed by atoms with E-state index in [-0.39, 0.29) is 17.4 Å². The fourth-order valence-corrected chi connectivity index (χ4v) is 3.37. The van der Waals surface area contributed by atoms with Crippen LogP contribution in [0.4, 0.5) is 0 Å². The van der Waals surface area contributed by atoms with Gasteiger partial charge in [0.2, 0.25) is 5.91 Å². The highest BCUT2D eigenvalue weighted by Gasteiger charge is 2.45. The van der Waals surface area contributed by atoms with Crippen LogP contribution in [0.5, 0.6) is 0 Å². The number of amides is 1. The molecule has 0 aliphatic heterocycles. The molecule has 1 aliphatic carbocycles. The van der Waals surface area contributed by atoms with Crippen molar-refractivity contribution in [2.45, 2.75) is 38.6 Å². The van der Waals surface area contributed by atoms with Crippen LogP contribution in [0.25, 0.3) is 0 Å². The van der Waals surface area contributed by atoms with Crippen molar-refractivity contribution in [2.24, 2.45) is 11.1 Å². The predicted molar refractivity (Wildman–Crippen MR) is 75.6 cm³/mol. The van der Waals surface area contributed by atoms with E-state index in [4.69, 9.17) is 5.73 Å². The largest absolute Gasteiger partial charge is 0.342 e. The van der Waals surface area contributed by atoms with Crippen molar-refractivity contribution in [2.75, 3.05) is 13.6 Å². The van der Waals surface area contributed by atoms with Crippen LogP contribution in [-0.4, -0.2) is 30.4 Å². The minimum atomic E-state index is -0.252. The Morgan fingerprint density at radius 3 is 2.78 bits per heavy atom. The van der Waals surface area contributed by atoms with Gasteiger partial charge in [0.05, 0.1) is 5.41 Å². The molecule has 1 aromatic heterocycles. The van der Waals surface area contributed by atoms with Gasteiger partial charge >= 0.3 is 0 Å². The first-order valence-corrected chi connectivity index (χ1v) is 7.47. The zero-order valence-corrected chi connectivity index (χ0v) is 12.0. The molecule has 2 rings (SSSR count). The van der Waals surface area contributed by atoms with Crippen LogP contribution in [0.1, 0.15) is 31.1 Å². The summed E-state index contributed by atoms with van der Waals surface area (Å²) >= 11 is 1.75. The second-order valence-electron chi connectivity index (χ2n) is 5.39. The minimum Gasteiger partial charge on any atom is -0.342 e. The number of nitrogens with zero attached hydrogens (tertiary/aromatic N) is 1. The molecule has 1 atom stereocenters. The summed E-state index contributed by atoms with van der Waals surface area (Å²) < 4.78 is 0. The van der Waals surface area contributed by atoms with Crippen molar-refractivity contribution in [3.8, 4) is 0 Å². The van der Waals surface area contributed by atoms with Crippen LogP contribution in [0.3, 0.4) is 0 Å². The summed E-state index contributed by atoms with van der Waals surface area (Å²) in [7, 11) is 1.91. The lowest BCUT2D eigenvalue weighted by molar-refractivity contribution is -0.147. The normalized spacial score (nSPS) is 19.1. The number of carbonyl (C=O) groups excluding carboxylic acids is 1. The van der Waals surface area contributed by atoms with Crippen molar-refractivity contribution in [3.63, 3.8) is 0 Å². The molecule has 2 N–H and O–H groups in total. The van der Waals surface area contributed by atoms with E-state index >= 15 is 0 Å². The van der Waals surface area contributed by atoms with E-state index in [0.717, 1.165) is 25.7 Å². The third kappa shape index (κ3) is 2.45. The van der Waals surface area contributed by atoms with Crippen molar-refractivity contribution < 1.29 is 4.79 Å². The summed E-state index contributed by atoms with van der Waals surface area (Å²) in [5.41, 5.74) is 5.55. The second-order valence-corrected chi connectivity index (χ2v) is 6.42. The third-order valence-electron chi connectivity index (χ3n) is 4.21. The van der Waals surface area contributed by atoms with Gasteiger partial charge in [-0.15, -0.1) is 11.3 Å². The zero-order chi connectivity index (χ0) is 13.2. The standard InChI is InChI=1S/C14H22N2OS/c1-11(9-12-5-3-8-18-12)16(2)13(17)14(10-15)6-4-7-14/h3,5,8,11H,4,6-7,9-10,15H2,1-2H3. The van der Waals surface area contributed by atoms with Crippen LogP contribution < -0.4 is 5.73 Å². The number of hydrogen-bond acceptors (Lipinski definition) is 3. The Kier molecular flexibility index (Phi) is 4.07. The molecule has 100 valence electrons. The number of thiophene rings is 1. The van der Waals surface area contributed by atoms with Crippen molar-refractivity contribution in [1.29, 1.82) is 0 Å². The van der Waals surface area contributed by atoms with E-state index in [1.54, 1.807) is 11.3 Å². The molecule has 1 unspecified atom stereocenters. The zero-order valence-electron chi connectivity index (χ0n) is 11.2. The fourth-order valence-electron chi connectivity index (χ4n) is 2.54. The molecular weight excluding hydrogens is 244 g/mol. The van der Waals surface area contributed by atoms with E-state index < -0.39 is 0 Å². The summed E-state index contributed by atoms with van der Waals surface area (Å²) in [6.45, 7) is 2.60. The fraction of sp³-hybridized carbons (Fsp3) is 0.643. The van der Waals surface area contributed by atoms with Gasteiger partial charge in [0.15, 0.2) is 0 Å². The Morgan fingerprint density at radius 2 is 2.33 bits per heavy atom. The van der Waals surface area contributed by atoms with Crippen LogP contribution >= 0.6 is 11.3 Å². The van der Waals surface area contributed by atoms with Crippen molar-refractivity contribution in [3.05, 3.63) is 22.4 Å². The van der Waals surface area contributed by atoms with Gasteiger partial charge in [-0.05, 0) is 31.2 Å². The highest BCUT2D eigenvalue weighted by atomic mass is 32.1. The molecule has 0 bridgehead atoms. The topological polar surface area (TPSA) is 46.3 Å². The first-order chi connectivity index (χ1) is 8.59. The molecule has 1 aromatic rings. The van der Waals surface area contributed by atoms with Crippen molar-refractivity contribution >= 4 is 17.2 Å². The van der Waals surface area contributed by atoms with E-state index in [9.17, 15) is 4.79 Å².